The Kier molecular flexibility index (Phi) is 4.37. The fraction of sp³-hybridized carbons (Fsp3) is 0.250. The van der Waals surface area contributed by atoms with Crippen LogP contribution in [0.4, 0.5) is 21.5 Å². The summed E-state index contributed by atoms with van der Waals surface area (Å²) in [5, 5.41) is 0. The number of para-hydroxylation sites is 2. The maximum Gasteiger partial charge on any atom is 0.123 e. The van der Waals surface area contributed by atoms with Crippen molar-refractivity contribution in [3.63, 3.8) is 0 Å². The molecule has 2 heterocycles. The minimum Gasteiger partial charge on any atom is -0.368 e. The molecule has 0 unspecified atom stereocenters. The smallest absolute Gasteiger partial charge is 0.123 e. The molecule has 128 valence electrons. The van der Waals surface area contributed by atoms with Crippen LogP contribution >= 0.6 is 0 Å². The first-order chi connectivity index (χ1) is 12.3. The Morgan fingerprint density at radius 2 is 1.80 bits per heavy atom. The molecule has 0 spiro atoms. The van der Waals surface area contributed by atoms with Gasteiger partial charge in [-0.2, -0.15) is 0 Å². The number of benzene rings is 2. The van der Waals surface area contributed by atoms with Crippen LogP contribution in [0, 0.1) is 5.82 Å². The highest BCUT2D eigenvalue weighted by molar-refractivity contribution is 5.79. The van der Waals surface area contributed by atoms with E-state index >= 15 is 0 Å². The number of hydrogen-bond donors (Lipinski definition) is 1. The molecule has 0 saturated heterocycles. The first kappa shape index (κ1) is 15.7. The molecule has 1 aliphatic heterocycles. The maximum atomic E-state index is 13.2. The van der Waals surface area contributed by atoms with E-state index in [0.717, 1.165) is 38.2 Å². The van der Waals surface area contributed by atoms with Gasteiger partial charge in [0, 0.05) is 37.2 Å². The number of aromatic amines is 1. The van der Waals surface area contributed by atoms with Gasteiger partial charge in [0.15, 0.2) is 0 Å². The summed E-state index contributed by atoms with van der Waals surface area (Å²) in [6.45, 7) is 2.86. The van der Waals surface area contributed by atoms with E-state index in [1.165, 1.54) is 29.2 Å². The largest absolute Gasteiger partial charge is 0.368 e. The Hall–Kier alpha value is -2.82. The molecule has 25 heavy (non-hydrogen) atoms. The van der Waals surface area contributed by atoms with Gasteiger partial charge < -0.3 is 14.8 Å². The summed E-state index contributed by atoms with van der Waals surface area (Å²) in [6, 6.07) is 15.2. The van der Waals surface area contributed by atoms with Crippen LogP contribution in [0.2, 0.25) is 0 Å². The van der Waals surface area contributed by atoms with Crippen LogP contribution < -0.4 is 9.80 Å². The van der Waals surface area contributed by atoms with E-state index in [1.54, 1.807) is 6.33 Å². The molecular formula is C20H21FN4. The zero-order chi connectivity index (χ0) is 17.1. The average molecular weight is 336 g/mol. The second-order valence-corrected chi connectivity index (χ2v) is 6.28. The fourth-order valence-electron chi connectivity index (χ4n) is 3.42. The Morgan fingerprint density at radius 1 is 1.00 bits per heavy atom. The minimum absolute atomic E-state index is 0.200. The highest BCUT2D eigenvalue weighted by Gasteiger charge is 2.22. The van der Waals surface area contributed by atoms with Crippen molar-refractivity contribution in [3.05, 3.63) is 72.6 Å². The number of nitrogens with one attached hydrogen (secondary N) is 1. The highest BCUT2D eigenvalue weighted by Crippen LogP contribution is 2.37. The topological polar surface area (TPSA) is 35.2 Å². The lowest BCUT2D eigenvalue weighted by molar-refractivity contribution is 0.627. The summed E-state index contributed by atoms with van der Waals surface area (Å²) in [4.78, 5) is 11.9. The molecule has 2 aromatic carbocycles. The molecule has 0 bridgehead atoms. The van der Waals surface area contributed by atoms with E-state index in [9.17, 15) is 4.39 Å². The highest BCUT2D eigenvalue weighted by atomic mass is 19.1. The third kappa shape index (κ3) is 3.36. The van der Waals surface area contributed by atoms with Crippen molar-refractivity contribution in [1.82, 2.24) is 9.97 Å². The van der Waals surface area contributed by atoms with Crippen LogP contribution in [0.1, 0.15) is 12.1 Å². The van der Waals surface area contributed by atoms with Crippen molar-refractivity contribution in [1.29, 1.82) is 0 Å². The molecule has 3 aromatic rings. The van der Waals surface area contributed by atoms with Crippen molar-refractivity contribution in [2.45, 2.75) is 12.8 Å². The Morgan fingerprint density at radius 3 is 2.56 bits per heavy atom. The van der Waals surface area contributed by atoms with E-state index < -0.39 is 0 Å². The van der Waals surface area contributed by atoms with Crippen LogP contribution in [0.5, 0.6) is 0 Å². The molecule has 4 rings (SSSR count). The normalized spacial score (nSPS) is 13.8. The summed E-state index contributed by atoms with van der Waals surface area (Å²) in [7, 11) is 0. The van der Waals surface area contributed by atoms with Gasteiger partial charge >= 0.3 is 0 Å². The predicted octanol–water partition coefficient (Wildman–Crippen LogP) is 4.14. The van der Waals surface area contributed by atoms with Crippen LogP contribution in [0.3, 0.4) is 0 Å². The summed E-state index contributed by atoms with van der Waals surface area (Å²) in [6.07, 6.45) is 5.69. The van der Waals surface area contributed by atoms with E-state index in [0.29, 0.717) is 0 Å². The van der Waals surface area contributed by atoms with Gasteiger partial charge in [0.1, 0.15) is 5.82 Å². The standard InChI is InChI=1S/C20H21FN4/c21-16-7-9-18(10-8-16)25-13-12-24(19-5-1-2-6-20(19)25)11-3-4-17-14-22-15-23-17/h1-2,5-10,14-15H,3-4,11-13H2,(H,22,23). The van der Waals surface area contributed by atoms with Gasteiger partial charge in [0.25, 0.3) is 0 Å². The zero-order valence-electron chi connectivity index (χ0n) is 14.0. The van der Waals surface area contributed by atoms with Crippen molar-refractivity contribution >= 4 is 17.1 Å². The fourth-order valence-corrected chi connectivity index (χ4v) is 3.42. The molecule has 5 heteroatoms. The first-order valence-electron chi connectivity index (χ1n) is 8.65. The van der Waals surface area contributed by atoms with Gasteiger partial charge in [-0.05, 0) is 49.2 Å². The van der Waals surface area contributed by atoms with Crippen LogP contribution in [-0.2, 0) is 6.42 Å². The molecule has 1 aromatic heterocycles. The quantitative estimate of drug-likeness (QED) is 0.760. The second-order valence-electron chi connectivity index (χ2n) is 6.28. The minimum atomic E-state index is -0.200. The molecular weight excluding hydrogens is 315 g/mol. The summed E-state index contributed by atoms with van der Waals surface area (Å²) >= 11 is 0. The van der Waals surface area contributed by atoms with Gasteiger partial charge in [-0.3, -0.25) is 0 Å². The molecule has 0 amide bonds. The van der Waals surface area contributed by atoms with Gasteiger partial charge in [-0.15, -0.1) is 0 Å². The molecule has 1 aliphatic rings. The van der Waals surface area contributed by atoms with E-state index in [-0.39, 0.29) is 5.82 Å². The van der Waals surface area contributed by atoms with Crippen molar-refractivity contribution < 1.29 is 4.39 Å². The number of rotatable bonds is 5. The lowest BCUT2D eigenvalue weighted by Gasteiger charge is -2.39. The molecule has 0 aliphatic carbocycles. The second kappa shape index (κ2) is 6.97. The summed E-state index contributed by atoms with van der Waals surface area (Å²) in [5.41, 5.74) is 4.63. The monoisotopic (exact) mass is 336 g/mol. The number of nitrogens with zero attached hydrogens (tertiary/aromatic N) is 3. The summed E-state index contributed by atoms with van der Waals surface area (Å²) in [5.74, 6) is -0.200. The van der Waals surface area contributed by atoms with E-state index in [2.05, 4.69) is 44.0 Å². The van der Waals surface area contributed by atoms with Gasteiger partial charge in [0.05, 0.1) is 17.7 Å². The lowest BCUT2D eigenvalue weighted by atomic mass is 10.1. The van der Waals surface area contributed by atoms with Gasteiger partial charge in [-0.25, -0.2) is 9.37 Å². The van der Waals surface area contributed by atoms with Gasteiger partial charge in [-0.1, -0.05) is 12.1 Å². The predicted molar refractivity (Wildman–Crippen MR) is 99.0 cm³/mol. The number of hydrogen-bond acceptors (Lipinski definition) is 3. The Bertz CT molecular complexity index is 814. The van der Waals surface area contributed by atoms with E-state index in [4.69, 9.17) is 0 Å². The van der Waals surface area contributed by atoms with Crippen LogP contribution in [-0.4, -0.2) is 29.6 Å². The zero-order valence-corrected chi connectivity index (χ0v) is 14.0. The SMILES string of the molecule is Fc1ccc(N2CCN(CCCc3cnc[nH]3)c3ccccc32)cc1. The molecule has 0 atom stereocenters. The van der Waals surface area contributed by atoms with Gasteiger partial charge in [0.2, 0.25) is 0 Å². The number of halogens is 1. The number of aryl methyl sites for hydroxylation is 1. The maximum absolute atomic E-state index is 13.2. The lowest BCUT2D eigenvalue weighted by Crippen LogP contribution is -2.39. The third-order valence-electron chi connectivity index (χ3n) is 4.67. The molecule has 1 N–H and O–H groups in total. The third-order valence-corrected chi connectivity index (χ3v) is 4.67. The van der Waals surface area contributed by atoms with Crippen molar-refractivity contribution in [2.24, 2.45) is 0 Å². The molecule has 0 radical (unpaired) electrons. The Balaban J connectivity index is 1.51. The van der Waals surface area contributed by atoms with Crippen LogP contribution in [0.15, 0.2) is 61.1 Å². The van der Waals surface area contributed by atoms with Crippen molar-refractivity contribution in [3.8, 4) is 0 Å². The number of imidazole rings is 1. The molecule has 0 saturated carbocycles. The number of H-pyrrole nitrogens is 1. The van der Waals surface area contributed by atoms with Crippen molar-refractivity contribution in [2.75, 3.05) is 29.4 Å². The van der Waals surface area contributed by atoms with Crippen LogP contribution in [0.25, 0.3) is 0 Å². The first-order valence-corrected chi connectivity index (χ1v) is 8.65. The summed E-state index contributed by atoms with van der Waals surface area (Å²) < 4.78 is 13.2. The average Bonchev–Trinajstić information content (AvgIpc) is 3.16. The number of fused-ring (bicyclic) bond motifs is 1. The van der Waals surface area contributed by atoms with E-state index in [1.807, 2.05) is 18.3 Å². The number of anilines is 3. The molecule has 0 fully saturated rings. The number of aromatic nitrogens is 2. The Labute approximate surface area is 146 Å². The molecule has 4 nitrogen and oxygen atoms in total.